The van der Waals surface area contributed by atoms with Gasteiger partial charge in [0.25, 0.3) is 0 Å². The molecule has 2 rings (SSSR count). The molecule has 0 bridgehead atoms. The van der Waals surface area contributed by atoms with Gasteiger partial charge < -0.3 is 10.6 Å². The van der Waals surface area contributed by atoms with E-state index >= 15 is 0 Å². The Morgan fingerprint density at radius 1 is 0.947 bits per heavy atom. The van der Waals surface area contributed by atoms with E-state index in [0.29, 0.717) is 0 Å². The molecule has 0 saturated carbocycles. The van der Waals surface area contributed by atoms with Gasteiger partial charge in [0.05, 0.1) is 0 Å². The highest BCUT2D eigenvalue weighted by molar-refractivity contribution is 7.99. The molecule has 0 atom stereocenters. The number of hydrogen-bond donors (Lipinski definition) is 1. The Morgan fingerprint density at radius 3 is 2.37 bits per heavy atom. The Morgan fingerprint density at radius 2 is 1.68 bits per heavy atom. The van der Waals surface area contributed by atoms with Crippen molar-refractivity contribution in [3.8, 4) is 0 Å². The van der Waals surface area contributed by atoms with Crippen LogP contribution in [0, 0.1) is 13.8 Å². The molecule has 0 saturated heterocycles. The maximum Gasteiger partial charge on any atom is 0.0456 e. The minimum atomic E-state index is 0.838. The number of hydrogen-bond acceptors (Lipinski definition) is 3. The molecule has 2 N–H and O–H groups in total. The average Bonchev–Trinajstić information content (AvgIpc) is 2.36. The summed E-state index contributed by atoms with van der Waals surface area (Å²) in [6.45, 7) is 4.22. The van der Waals surface area contributed by atoms with Gasteiger partial charge in [0.15, 0.2) is 0 Å². The van der Waals surface area contributed by atoms with Crippen LogP contribution in [0.2, 0.25) is 0 Å². The zero-order chi connectivity index (χ0) is 14.0. The van der Waals surface area contributed by atoms with E-state index < -0.39 is 0 Å². The minimum absolute atomic E-state index is 0.838. The molecule has 0 aliphatic carbocycles. The van der Waals surface area contributed by atoms with Crippen molar-refractivity contribution in [3.63, 3.8) is 0 Å². The van der Waals surface area contributed by atoms with Crippen LogP contribution in [0.5, 0.6) is 0 Å². The molecule has 0 unspecified atom stereocenters. The summed E-state index contributed by atoms with van der Waals surface area (Å²) in [5.74, 6) is 0. The van der Waals surface area contributed by atoms with Crippen LogP contribution in [0.1, 0.15) is 11.1 Å². The van der Waals surface area contributed by atoms with E-state index in [4.69, 9.17) is 5.73 Å². The molecule has 0 amide bonds. The van der Waals surface area contributed by atoms with E-state index in [1.54, 1.807) is 11.8 Å². The van der Waals surface area contributed by atoms with Crippen molar-refractivity contribution in [1.29, 1.82) is 0 Å². The van der Waals surface area contributed by atoms with E-state index in [9.17, 15) is 0 Å². The first-order valence-electron chi connectivity index (χ1n) is 6.29. The van der Waals surface area contributed by atoms with Gasteiger partial charge in [0, 0.05) is 35.3 Å². The Labute approximate surface area is 119 Å². The van der Waals surface area contributed by atoms with Gasteiger partial charge in [0.2, 0.25) is 0 Å². The molecule has 0 fully saturated rings. The topological polar surface area (TPSA) is 29.3 Å². The van der Waals surface area contributed by atoms with Crippen LogP contribution in [-0.2, 0) is 0 Å². The number of nitrogen functional groups attached to an aromatic ring is 1. The van der Waals surface area contributed by atoms with Crippen molar-refractivity contribution in [3.05, 3.63) is 47.5 Å². The lowest BCUT2D eigenvalue weighted by Gasteiger charge is -2.15. The zero-order valence-corrected chi connectivity index (χ0v) is 12.7. The maximum atomic E-state index is 6.05. The molecule has 0 aromatic heterocycles. The molecule has 0 aliphatic heterocycles. The fourth-order valence-corrected chi connectivity index (χ4v) is 2.90. The lowest BCUT2D eigenvalue weighted by Crippen LogP contribution is -2.08. The van der Waals surface area contributed by atoms with Gasteiger partial charge in [0.1, 0.15) is 0 Å². The molecule has 0 aliphatic rings. The molecule has 0 spiro atoms. The first-order chi connectivity index (χ1) is 8.97. The van der Waals surface area contributed by atoms with Crippen LogP contribution in [-0.4, -0.2) is 14.1 Å². The van der Waals surface area contributed by atoms with E-state index in [-0.39, 0.29) is 0 Å². The van der Waals surface area contributed by atoms with Crippen molar-refractivity contribution in [2.75, 3.05) is 24.7 Å². The number of rotatable bonds is 3. The maximum absolute atomic E-state index is 6.05. The molecule has 19 heavy (non-hydrogen) atoms. The van der Waals surface area contributed by atoms with Crippen LogP contribution in [0.15, 0.2) is 46.2 Å². The van der Waals surface area contributed by atoms with Crippen molar-refractivity contribution in [2.45, 2.75) is 23.6 Å². The lowest BCUT2D eigenvalue weighted by atomic mass is 10.2. The van der Waals surface area contributed by atoms with E-state index in [1.165, 1.54) is 21.7 Å². The molecule has 0 heterocycles. The summed E-state index contributed by atoms with van der Waals surface area (Å²) < 4.78 is 0. The number of anilines is 2. The monoisotopic (exact) mass is 272 g/mol. The van der Waals surface area contributed by atoms with Crippen molar-refractivity contribution >= 4 is 23.1 Å². The first-order valence-corrected chi connectivity index (χ1v) is 7.11. The summed E-state index contributed by atoms with van der Waals surface area (Å²) in [5.41, 5.74) is 10.6. The number of benzene rings is 2. The molecular weight excluding hydrogens is 252 g/mol. The first kappa shape index (κ1) is 13.8. The van der Waals surface area contributed by atoms with Crippen LogP contribution >= 0.6 is 11.8 Å². The Balaban J connectivity index is 2.37. The highest BCUT2D eigenvalue weighted by atomic mass is 32.2. The summed E-state index contributed by atoms with van der Waals surface area (Å²) in [5, 5.41) is 0. The summed E-state index contributed by atoms with van der Waals surface area (Å²) >= 11 is 1.73. The molecule has 100 valence electrons. The van der Waals surface area contributed by atoms with Gasteiger partial charge in [-0.1, -0.05) is 23.9 Å². The van der Waals surface area contributed by atoms with Gasteiger partial charge in [-0.2, -0.15) is 0 Å². The highest BCUT2D eigenvalue weighted by Crippen LogP contribution is 2.36. The normalized spacial score (nSPS) is 10.5. The predicted octanol–water partition coefficient (Wildman–Crippen LogP) is 4.10. The van der Waals surface area contributed by atoms with Gasteiger partial charge in [-0.3, -0.25) is 0 Å². The molecule has 2 aromatic rings. The fraction of sp³-hybridized carbons (Fsp3) is 0.250. The van der Waals surface area contributed by atoms with Gasteiger partial charge >= 0.3 is 0 Å². The van der Waals surface area contributed by atoms with E-state index in [0.717, 1.165) is 10.6 Å². The molecular formula is C16H20N2S. The minimum Gasteiger partial charge on any atom is -0.398 e. The largest absolute Gasteiger partial charge is 0.398 e. The fourth-order valence-electron chi connectivity index (χ4n) is 1.83. The Hall–Kier alpha value is -1.61. The van der Waals surface area contributed by atoms with Crippen LogP contribution < -0.4 is 10.6 Å². The number of nitrogens with two attached hydrogens (primary N) is 1. The number of aryl methyl sites for hydroxylation is 2. The average molecular weight is 272 g/mol. The standard InChI is InChI=1S/C16H20N2S/c1-11-5-8-14(17)16(9-11)19-15-10-13(18(3)4)7-6-12(15)2/h5-10H,17H2,1-4H3. The van der Waals surface area contributed by atoms with Crippen LogP contribution in [0.25, 0.3) is 0 Å². The van der Waals surface area contributed by atoms with Crippen LogP contribution in [0.3, 0.4) is 0 Å². The van der Waals surface area contributed by atoms with E-state index in [2.05, 4.69) is 57.1 Å². The van der Waals surface area contributed by atoms with Gasteiger partial charge in [-0.05, 0) is 49.2 Å². The highest BCUT2D eigenvalue weighted by Gasteiger charge is 2.07. The molecule has 2 aromatic carbocycles. The van der Waals surface area contributed by atoms with Gasteiger partial charge in [-0.25, -0.2) is 0 Å². The second kappa shape index (κ2) is 5.57. The lowest BCUT2D eigenvalue weighted by molar-refractivity contribution is 1.11. The second-order valence-corrected chi connectivity index (χ2v) is 6.07. The number of nitrogens with zero attached hydrogens (tertiary/aromatic N) is 1. The Bertz CT molecular complexity index is 591. The van der Waals surface area contributed by atoms with Crippen LogP contribution in [0.4, 0.5) is 11.4 Å². The molecule has 0 radical (unpaired) electrons. The van der Waals surface area contributed by atoms with Crippen molar-refractivity contribution in [2.24, 2.45) is 0 Å². The summed E-state index contributed by atoms with van der Waals surface area (Å²) in [6.07, 6.45) is 0. The second-order valence-electron chi connectivity index (χ2n) is 4.99. The SMILES string of the molecule is Cc1ccc(N)c(Sc2cc(N(C)C)ccc2C)c1. The smallest absolute Gasteiger partial charge is 0.0456 e. The summed E-state index contributed by atoms with van der Waals surface area (Å²) in [6, 6.07) is 12.7. The predicted molar refractivity (Wildman–Crippen MR) is 85.2 cm³/mol. The summed E-state index contributed by atoms with van der Waals surface area (Å²) in [4.78, 5) is 4.49. The van der Waals surface area contributed by atoms with Crippen molar-refractivity contribution in [1.82, 2.24) is 0 Å². The molecule has 3 heteroatoms. The van der Waals surface area contributed by atoms with Crippen molar-refractivity contribution < 1.29 is 0 Å². The third kappa shape index (κ3) is 3.24. The Kier molecular flexibility index (Phi) is 4.05. The van der Waals surface area contributed by atoms with Gasteiger partial charge in [-0.15, -0.1) is 0 Å². The zero-order valence-electron chi connectivity index (χ0n) is 11.9. The third-order valence-electron chi connectivity index (χ3n) is 3.08. The summed E-state index contributed by atoms with van der Waals surface area (Å²) in [7, 11) is 4.11. The van der Waals surface area contributed by atoms with E-state index in [1.807, 2.05) is 12.1 Å². The molecule has 2 nitrogen and oxygen atoms in total. The third-order valence-corrected chi connectivity index (χ3v) is 4.31. The quantitative estimate of drug-likeness (QED) is 0.853.